The van der Waals surface area contributed by atoms with Crippen LogP contribution < -0.4 is 5.32 Å². The fraction of sp³-hybridized carbons (Fsp3) is 0.267. The highest BCUT2D eigenvalue weighted by Crippen LogP contribution is 2.34. The third-order valence-corrected chi connectivity index (χ3v) is 4.70. The number of aromatic nitrogens is 3. The minimum absolute atomic E-state index is 0.626. The van der Waals surface area contributed by atoms with E-state index >= 15 is 0 Å². The Morgan fingerprint density at radius 2 is 2.18 bits per heavy atom. The fourth-order valence-electron chi connectivity index (χ4n) is 2.00. The summed E-state index contributed by atoms with van der Waals surface area (Å²) in [5.41, 5.74) is 1.90. The minimum atomic E-state index is 0.626. The van der Waals surface area contributed by atoms with Gasteiger partial charge in [-0.3, -0.25) is 0 Å². The van der Waals surface area contributed by atoms with Crippen LogP contribution in [0.4, 0.5) is 5.95 Å². The van der Waals surface area contributed by atoms with E-state index in [2.05, 4.69) is 31.7 Å². The first-order valence-electron chi connectivity index (χ1n) is 6.92. The Balaban J connectivity index is 1.88. The first kappa shape index (κ1) is 15.1. The summed E-state index contributed by atoms with van der Waals surface area (Å²) in [4.78, 5) is 14.6. The molecule has 0 aromatic carbocycles. The third kappa shape index (κ3) is 3.49. The standard InChI is InChI=1S/C15H16N4OS2/c1-20-7-3-5-17-15-18-10-11(12-4-2-8-21-12)13(19-15)14-16-6-9-22-14/h2,4,6,8-10H,3,5,7H2,1H3,(H,17,18,19). The molecule has 1 N–H and O–H groups in total. The van der Waals surface area contributed by atoms with Crippen LogP contribution >= 0.6 is 22.7 Å². The Kier molecular flexibility index (Phi) is 5.10. The Morgan fingerprint density at radius 1 is 1.23 bits per heavy atom. The molecular weight excluding hydrogens is 316 g/mol. The van der Waals surface area contributed by atoms with Crippen molar-refractivity contribution in [2.24, 2.45) is 0 Å². The number of ether oxygens (including phenoxy) is 1. The summed E-state index contributed by atoms with van der Waals surface area (Å²) in [7, 11) is 1.70. The zero-order valence-electron chi connectivity index (χ0n) is 12.2. The second-order valence-electron chi connectivity index (χ2n) is 4.54. The van der Waals surface area contributed by atoms with Crippen molar-refractivity contribution in [2.75, 3.05) is 25.6 Å². The van der Waals surface area contributed by atoms with Crippen LogP contribution in [-0.4, -0.2) is 35.2 Å². The predicted molar refractivity (Wildman–Crippen MR) is 91.4 cm³/mol. The molecule has 5 nitrogen and oxygen atoms in total. The zero-order valence-corrected chi connectivity index (χ0v) is 13.8. The lowest BCUT2D eigenvalue weighted by molar-refractivity contribution is 0.197. The van der Waals surface area contributed by atoms with Crippen LogP contribution in [-0.2, 0) is 4.74 Å². The van der Waals surface area contributed by atoms with Gasteiger partial charge in [0.25, 0.3) is 0 Å². The van der Waals surface area contributed by atoms with Crippen molar-refractivity contribution in [1.29, 1.82) is 0 Å². The maximum Gasteiger partial charge on any atom is 0.223 e. The van der Waals surface area contributed by atoms with Crippen LogP contribution in [0.5, 0.6) is 0 Å². The molecule has 0 spiro atoms. The highest BCUT2D eigenvalue weighted by atomic mass is 32.1. The summed E-state index contributed by atoms with van der Waals surface area (Å²) in [6.45, 7) is 1.50. The second kappa shape index (κ2) is 7.44. The van der Waals surface area contributed by atoms with Gasteiger partial charge in [0.15, 0.2) is 0 Å². The van der Waals surface area contributed by atoms with Crippen molar-refractivity contribution in [3.8, 4) is 21.1 Å². The number of hydrogen-bond donors (Lipinski definition) is 1. The zero-order chi connectivity index (χ0) is 15.2. The van der Waals surface area contributed by atoms with E-state index in [4.69, 9.17) is 4.74 Å². The molecule has 3 aromatic heterocycles. The van der Waals surface area contributed by atoms with E-state index in [-0.39, 0.29) is 0 Å². The summed E-state index contributed by atoms with van der Waals surface area (Å²) in [6, 6.07) is 4.11. The van der Waals surface area contributed by atoms with E-state index in [9.17, 15) is 0 Å². The van der Waals surface area contributed by atoms with Crippen molar-refractivity contribution >= 4 is 28.6 Å². The number of rotatable bonds is 7. The number of anilines is 1. The Hall–Kier alpha value is -1.83. The van der Waals surface area contributed by atoms with E-state index in [1.807, 2.05) is 17.6 Å². The van der Waals surface area contributed by atoms with Gasteiger partial charge >= 0.3 is 0 Å². The number of hydrogen-bond acceptors (Lipinski definition) is 7. The molecule has 22 heavy (non-hydrogen) atoms. The predicted octanol–water partition coefficient (Wildman–Crippen LogP) is 3.78. The number of nitrogens with one attached hydrogen (secondary N) is 1. The van der Waals surface area contributed by atoms with Gasteiger partial charge in [-0.2, -0.15) is 0 Å². The number of thiazole rings is 1. The minimum Gasteiger partial charge on any atom is -0.385 e. The lowest BCUT2D eigenvalue weighted by Crippen LogP contribution is -2.08. The molecule has 0 aliphatic heterocycles. The van der Waals surface area contributed by atoms with E-state index < -0.39 is 0 Å². The Labute approximate surface area is 137 Å². The number of nitrogens with zero attached hydrogens (tertiary/aromatic N) is 3. The second-order valence-corrected chi connectivity index (χ2v) is 6.39. The lowest BCUT2D eigenvalue weighted by atomic mass is 10.2. The van der Waals surface area contributed by atoms with Crippen molar-refractivity contribution in [2.45, 2.75) is 6.42 Å². The molecule has 0 bridgehead atoms. The van der Waals surface area contributed by atoms with Gasteiger partial charge in [-0.15, -0.1) is 22.7 Å². The van der Waals surface area contributed by atoms with Crippen LogP contribution in [0.1, 0.15) is 6.42 Å². The van der Waals surface area contributed by atoms with Gasteiger partial charge < -0.3 is 10.1 Å². The molecule has 3 rings (SSSR count). The molecule has 0 unspecified atom stereocenters. The molecule has 0 atom stereocenters. The van der Waals surface area contributed by atoms with Crippen LogP contribution in [0.25, 0.3) is 21.1 Å². The Bertz CT molecular complexity index is 698. The molecule has 114 valence electrons. The average molecular weight is 332 g/mol. The monoisotopic (exact) mass is 332 g/mol. The normalized spacial score (nSPS) is 10.8. The average Bonchev–Trinajstić information content (AvgIpc) is 3.24. The summed E-state index contributed by atoms with van der Waals surface area (Å²) in [6.07, 6.45) is 4.58. The molecule has 0 saturated carbocycles. The van der Waals surface area contributed by atoms with Gasteiger partial charge in [-0.1, -0.05) is 6.07 Å². The first-order chi connectivity index (χ1) is 10.9. The first-order valence-corrected chi connectivity index (χ1v) is 8.68. The van der Waals surface area contributed by atoms with Crippen LogP contribution in [0.15, 0.2) is 35.3 Å². The Morgan fingerprint density at radius 3 is 2.91 bits per heavy atom. The maximum atomic E-state index is 5.04. The maximum absolute atomic E-state index is 5.04. The van der Waals surface area contributed by atoms with Crippen molar-refractivity contribution in [3.05, 3.63) is 35.3 Å². The lowest BCUT2D eigenvalue weighted by Gasteiger charge is -2.08. The largest absolute Gasteiger partial charge is 0.385 e. The third-order valence-electron chi connectivity index (χ3n) is 3.02. The van der Waals surface area contributed by atoms with E-state index in [1.54, 1.807) is 36.0 Å². The highest BCUT2D eigenvalue weighted by Gasteiger charge is 2.14. The quantitative estimate of drug-likeness (QED) is 0.667. The van der Waals surface area contributed by atoms with Gasteiger partial charge in [-0.25, -0.2) is 15.0 Å². The molecule has 7 heteroatoms. The molecule has 0 amide bonds. The highest BCUT2D eigenvalue weighted by molar-refractivity contribution is 7.14. The smallest absolute Gasteiger partial charge is 0.223 e. The van der Waals surface area contributed by atoms with Crippen molar-refractivity contribution < 1.29 is 4.74 Å². The van der Waals surface area contributed by atoms with E-state index in [1.165, 1.54) is 0 Å². The van der Waals surface area contributed by atoms with Crippen LogP contribution in [0.2, 0.25) is 0 Å². The number of methoxy groups -OCH3 is 1. The molecule has 0 saturated heterocycles. The molecular formula is C15H16N4OS2. The van der Waals surface area contributed by atoms with Gasteiger partial charge in [-0.05, 0) is 17.9 Å². The molecule has 3 heterocycles. The molecule has 0 fully saturated rings. The topological polar surface area (TPSA) is 59.9 Å². The molecule has 3 aromatic rings. The molecule has 0 radical (unpaired) electrons. The molecule has 0 aliphatic rings. The molecule has 0 aliphatic carbocycles. The van der Waals surface area contributed by atoms with Crippen LogP contribution in [0.3, 0.4) is 0 Å². The summed E-state index contributed by atoms with van der Waals surface area (Å²) >= 11 is 3.26. The van der Waals surface area contributed by atoms with Crippen molar-refractivity contribution in [1.82, 2.24) is 15.0 Å². The number of thiophene rings is 1. The van der Waals surface area contributed by atoms with E-state index in [0.717, 1.165) is 40.7 Å². The SMILES string of the molecule is COCCCNc1ncc(-c2cccs2)c(-c2nccs2)n1. The summed E-state index contributed by atoms with van der Waals surface area (Å²) in [5.74, 6) is 0.626. The van der Waals surface area contributed by atoms with Gasteiger partial charge in [0.05, 0.1) is 0 Å². The summed E-state index contributed by atoms with van der Waals surface area (Å²) in [5, 5.41) is 8.15. The van der Waals surface area contributed by atoms with Gasteiger partial charge in [0, 0.05) is 48.5 Å². The van der Waals surface area contributed by atoms with Crippen LogP contribution in [0, 0.1) is 0 Å². The van der Waals surface area contributed by atoms with Crippen molar-refractivity contribution in [3.63, 3.8) is 0 Å². The summed E-state index contributed by atoms with van der Waals surface area (Å²) < 4.78 is 5.04. The van der Waals surface area contributed by atoms with Gasteiger partial charge in [0.2, 0.25) is 5.95 Å². The van der Waals surface area contributed by atoms with E-state index in [0.29, 0.717) is 5.95 Å². The fourth-order valence-corrected chi connectivity index (χ4v) is 3.38. The van der Waals surface area contributed by atoms with Gasteiger partial charge in [0.1, 0.15) is 10.7 Å².